The molecular weight excluding hydrogens is 226 g/mol. The van der Waals surface area contributed by atoms with E-state index in [4.69, 9.17) is 5.84 Å². The fourth-order valence-corrected chi connectivity index (χ4v) is 2.97. The van der Waals surface area contributed by atoms with Gasteiger partial charge < -0.3 is 15.1 Å². The molecule has 2 rings (SSSR count). The van der Waals surface area contributed by atoms with Crippen LogP contribution in [0.4, 0.5) is 0 Å². The predicted molar refractivity (Wildman–Crippen MR) is 75.3 cm³/mol. The smallest absolute Gasteiger partial charge is 0.0257 e. The SMILES string of the molecule is CNCCN1CCC(CN2CCN(N)CC2)CC1. The van der Waals surface area contributed by atoms with Gasteiger partial charge in [0.1, 0.15) is 0 Å². The van der Waals surface area contributed by atoms with E-state index in [2.05, 4.69) is 15.1 Å². The lowest BCUT2D eigenvalue weighted by Crippen LogP contribution is -2.51. The van der Waals surface area contributed by atoms with Crippen molar-refractivity contribution in [1.82, 2.24) is 20.1 Å². The third-order valence-electron chi connectivity index (χ3n) is 4.31. The minimum atomic E-state index is 0.903. The number of hydrogen-bond donors (Lipinski definition) is 2. The van der Waals surface area contributed by atoms with Gasteiger partial charge in [-0.05, 0) is 38.9 Å². The molecule has 0 unspecified atom stereocenters. The first-order valence-corrected chi connectivity index (χ1v) is 7.37. The van der Waals surface area contributed by atoms with E-state index in [1.54, 1.807) is 0 Å². The van der Waals surface area contributed by atoms with E-state index in [0.717, 1.165) is 38.6 Å². The lowest BCUT2D eigenvalue weighted by molar-refractivity contribution is 0.0958. The van der Waals surface area contributed by atoms with Gasteiger partial charge in [-0.1, -0.05) is 0 Å². The maximum atomic E-state index is 5.79. The molecule has 0 aromatic heterocycles. The highest BCUT2D eigenvalue weighted by molar-refractivity contribution is 4.77. The first kappa shape index (κ1) is 14.2. The summed E-state index contributed by atoms with van der Waals surface area (Å²) in [7, 11) is 2.03. The molecule has 5 nitrogen and oxygen atoms in total. The predicted octanol–water partition coefficient (Wildman–Crippen LogP) is -0.591. The van der Waals surface area contributed by atoms with Crippen molar-refractivity contribution in [2.45, 2.75) is 12.8 Å². The van der Waals surface area contributed by atoms with Gasteiger partial charge in [0.25, 0.3) is 0 Å². The Morgan fingerprint density at radius 1 is 1.00 bits per heavy atom. The number of piperazine rings is 1. The number of nitrogens with one attached hydrogen (secondary N) is 1. The van der Waals surface area contributed by atoms with Crippen LogP contribution >= 0.6 is 0 Å². The standard InChI is InChI=1S/C13H29N5/c1-15-4-7-16-5-2-13(3-6-16)12-17-8-10-18(14)11-9-17/h13,15H,2-12,14H2,1H3. The van der Waals surface area contributed by atoms with Crippen LogP contribution in [-0.4, -0.2) is 80.8 Å². The molecule has 2 aliphatic rings. The van der Waals surface area contributed by atoms with Crippen molar-refractivity contribution in [2.75, 3.05) is 66.0 Å². The zero-order valence-corrected chi connectivity index (χ0v) is 11.8. The fraction of sp³-hybridized carbons (Fsp3) is 1.00. The van der Waals surface area contributed by atoms with E-state index in [1.165, 1.54) is 39.0 Å². The van der Waals surface area contributed by atoms with Crippen LogP contribution in [0.5, 0.6) is 0 Å². The summed E-state index contributed by atoms with van der Waals surface area (Å²) in [5.74, 6) is 6.69. The number of hydrogen-bond acceptors (Lipinski definition) is 5. The third-order valence-corrected chi connectivity index (χ3v) is 4.31. The van der Waals surface area contributed by atoms with Crippen LogP contribution in [0.15, 0.2) is 0 Å². The number of likely N-dealkylation sites (tertiary alicyclic amines) is 1. The second-order valence-corrected chi connectivity index (χ2v) is 5.73. The summed E-state index contributed by atoms with van der Waals surface area (Å²) < 4.78 is 0. The zero-order chi connectivity index (χ0) is 12.8. The highest BCUT2D eigenvalue weighted by atomic mass is 15.4. The molecule has 5 heteroatoms. The van der Waals surface area contributed by atoms with Gasteiger partial charge in [0.15, 0.2) is 0 Å². The first-order valence-electron chi connectivity index (χ1n) is 7.37. The van der Waals surface area contributed by atoms with Gasteiger partial charge >= 0.3 is 0 Å². The molecule has 0 bridgehead atoms. The molecule has 0 aromatic carbocycles. The summed E-state index contributed by atoms with van der Waals surface area (Å²) in [6.07, 6.45) is 2.74. The summed E-state index contributed by atoms with van der Waals surface area (Å²) in [4.78, 5) is 5.18. The van der Waals surface area contributed by atoms with Crippen LogP contribution in [0.1, 0.15) is 12.8 Å². The molecule has 2 heterocycles. The Kier molecular flexibility index (Phi) is 5.85. The van der Waals surface area contributed by atoms with Crippen molar-refractivity contribution >= 4 is 0 Å². The van der Waals surface area contributed by atoms with Gasteiger partial charge in [-0.2, -0.15) is 0 Å². The van der Waals surface area contributed by atoms with Gasteiger partial charge in [-0.3, -0.25) is 5.84 Å². The molecule has 0 radical (unpaired) electrons. The number of nitrogens with zero attached hydrogens (tertiary/aromatic N) is 3. The molecule has 0 aliphatic carbocycles. The number of piperidine rings is 1. The summed E-state index contributed by atoms with van der Waals surface area (Å²) >= 11 is 0. The maximum Gasteiger partial charge on any atom is 0.0257 e. The molecule has 18 heavy (non-hydrogen) atoms. The second-order valence-electron chi connectivity index (χ2n) is 5.73. The molecule has 2 fully saturated rings. The minimum absolute atomic E-state index is 0.903. The quantitative estimate of drug-likeness (QED) is 0.643. The molecule has 0 atom stereocenters. The lowest BCUT2D eigenvalue weighted by Gasteiger charge is -2.37. The van der Waals surface area contributed by atoms with Crippen molar-refractivity contribution in [3.05, 3.63) is 0 Å². The van der Waals surface area contributed by atoms with Gasteiger partial charge in [-0.25, -0.2) is 5.01 Å². The molecule has 3 N–H and O–H groups in total. The van der Waals surface area contributed by atoms with E-state index in [0.29, 0.717) is 0 Å². The fourth-order valence-electron chi connectivity index (χ4n) is 2.97. The van der Waals surface area contributed by atoms with E-state index in [-0.39, 0.29) is 0 Å². The number of likely N-dealkylation sites (N-methyl/N-ethyl adjacent to an activating group) is 1. The highest BCUT2D eigenvalue weighted by Gasteiger charge is 2.22. The van der Waals surface area contributed by atoms with Crippen LogP contribution in [-0.2, 0) is 0 Å². The molecule has 106 valence electrons. The Bertz CT molecular complexity index is 219. The van der Waals surface area contributed by atoms with E-state index in [9.17, 15) is 0 Å². The normalized spacial score (nSPS) is 25.7. The summed E-state index contributed by atoms with van der Waals surface area (Å²) in [6.45, 7) is 10.5. The van der Waals surface area contributed by atoms with Crippen molar-refractivity contribution in [3.8, 4) is 0 Å². The Hall–Kier alpha value is -0.200. The van der Waals surface area contributed by atoms with Crippen molar-refractivity contribution in [2.24, 2.45) is 11.8 Å². The zero-order valence-electron chi connectivity index (χ0n) is 11.8. The largest absolute Gasteiger partial charge is 0.318 e. The van der Waals surface area contributed by atoms with Crippen LogP contribution in [0.3, 0.4) is 0 Å². The summed E-state index contributed by atoms with van der Waals surface area (Å²) in [6, 6.07) is 0. The van der Waals surface area contributed by atoms with Crippen molar-refractivity contribution in [3.63, 3.8) is 0 Å². The van der Waals surface area contributed by atoms with Crippen LogP contribution in [0.25, 0.3) is 0 Å². The van der Waals surface area contributed by atoms with Gasteiger partial charge in [0, 0.05) is 45.8 Å². The van der Waals surface area contributed by atoms with Crippen LogP contribution in [0, 0.1) is 5.92 Å². The van der Waals surface area contributed by atoms with E-state index in [1.807, 2.05) is 12.1 Å². The molecule has 0 spiro atoms. The molecule has 0 amide bonds. The maximum absolute atomic E-state index is 5.79. The number of rotatable bonds is 5. The monoisotopic (exact) mass is 255 g/mol. The summed E-state index contributed by atoms with van der Waals surface area (Å²) in [5, 5.41) is 5.17. The van der Waals surface area contributed by atoms with E-state index >= 15 is 0 Å². The Labute approximate surface area is 111 Å². The van der Waals surface area contributed by atoms with E-state index < -0.39 is 0 Å². The molecule has 0 saturated carbocycles. The van der Waals surface area contributed by atoms with Gasteiger partial charge in [0.05, 0.1) is 0 Å². The Balaban J connectivity index is 1.61. The Morgan fingerprint density at radius 2 is 1.67 bits per heavy atom. The lowest BCUT2D eigenvalue weighted by atomic mass is 9.96. The molecule has 2 saturated heterocycles. The van der Waals surface area contributed by atoms with Gasteiger partial charge in [0.2, 0.25) is 0 Å². The van der Waals surface area contributed by atoms with Crippen molar-refractivity contribution in [1.29, 1.82) is 0 Å². The van der Waals surface area contributed by atoms with Gasteiger partial charge in [-0.15, -0.1) is 0 Å². The summed E-state index contributed by atoms with van der Waals surface area (Å²) in [5.41, 5.74) is 0. The topological polar surface area (TPSA) is 47.8 Å². The van der Waals surface area contributed by atoms with Crippen LogP contribution < -0.4 is 11.2 Å². The molecule has 0 aromatic rings. The Morgan fingerprint density at radius 3 is 2.28 bits per heavy atom. The second kappa shape index (κ2) is 7.40. The van der Waals surface area contributed by atoms with Crippen LogP contribution in [0.2, 0.25) is 0 Å². The highest BCUT2D eigenvalue weighted by Crippen LogP contribution is 2.18. The minimum Gasteiger partial charge on any atom is -0.318 e. The average Bonchev–Trinajstić information content (AvgIpc) is 2.41. The number of hydrazine groups is 1. The number of nitrogens with two attached hydrogens (primary N) is 1. The first-order chi connectivity index (χ1) is 8.78. The average molecular weight is 255 g/mol. The molecule has 2 aliphatic heterocycles. The van der Waals surface area contributed by atoms with Crippen molar-refractivity contribution < 1.29 is 0 Å². The third kappa shape index (κ3) is 4.48. The molecular formula is C13H29N5.